The molecule has 4 amide bonds. The van der Waals surface area contributed by atoms with Crippen LogP contribution < -0.4 is 21.1 Å². The number of halogens is 3. The molecule has 0 aromatic carbocycles. The maximum Gasteiger partial charge on any atom is 0.471 e. The van der Waals surface area contributed by atoms with Crippen LogP contribution in [0.2, 0.25) is 0 Å². The standard InChI is InChI=1S/C26H32F3N7O5/c1-35(21(37)17(5-2-3-9-30)33-24(40)26(27,28)29)18(11-15-7-8-15)22(38)36-14-25(12-16(36)13-31)23(39)34-20-19(41-25)6-4-10-32-20/h4,6,10,15-18H,2-3,5,7-9,11-12,14,30H2,1H3,(H,33,40)(H,32,34,39)/t16-,17-,18-,25+/m0/s1. The molecule has 12 nitrogen and oxygen atoms in total. The first kappa shape index (κ1) is 30.0. The van der Waals surface area contributed by atoms with Gasteiger partial charge in [-0.15, -0.1) is 0 Å². The summed E-state index contributed by atoms with van der Waals surface area (Å²) in [6, 6.07) is 1.49. The number of carbonyl (C=O) groups excluding carboxylic acids is 4. The largest absolute Gasteiger partial charge is 0.472 e. The van der Waals surface area contributed by atoms with Gasteiger partial charge in [-0.1, -0.05) is 12.8 Å². The van der Waals surface area contributed by atoms with Crippen molar-refractivity contribution in [1.29, 1.82) is 5.26 Å². The first-order chi connectivity index (χ1) is 19.4. The van der Waals surface area contributed by atoms with Gasteiger partial charge < -0.3 is 30.9 Å². The monoisotopic (exact) mass is 579 g/mol. The number of ether oxygens (including phenoxy) is 1. The number of alkyl halides is 3. The van der Waals surface area contributed by atoms with E-state index in [1.54, 1.807) is 17.4 Å². The third-order valence-electron chi connectivity index (χ3n) is 7.64. The van der Waals surface area contributed by atoms with Crippen LogP contribution in [0.25, 0.3) is 0 Å². The Labute approximate surface area is 234 Å². The molecule has 2 fully saturated rings. The van der Waals surface area contributed by atoms with Gasteiger partial charge in [0.15, 0.2) is 11.6 Å². The molecule has 3 heterocycles. The second kappa shape index (κ2) is 11.9. The van der Waals surface area contributed by atoms with Crippen LogP contribution in [0.5, 0.6) is 5.75 Å². The number of anilines is 1. The number of pyridine rings is 1. The molecule has 1 aromatic heterocycles. The molecule has 4 atom stereocenters. The molecule has 222 valence electrons. The van der Waals surface area contributed by atoms with Crippen molar-refractivity contribution >= 4 is 29.4 Å². The third kappa shape index (κ3) is 6.53. The van der Waals surface area contributed by atoms with Crippen molar-refractivity contribution in [2.75, 3.05) is 25.5 Å². The van der Waals surface area contributed by atoms with Crippen LogP contribution in [0, 0.1) is 17.2 Å². The van der Waals surface area contributed by atoms with E-state index >= 15 is 0 Å². The number of likely N-dealkylation sites (N-methyl/N-ethyl adjacent to an activating group) is 1. The summed E-state index contributed by atoms with van der Waals surface area (Å²) in [6.07, 6.45) is -1.46. The number of nitrogens with one attached hydrogen (secondary N) is 2. The molecule has 4 rings (SSSR count). The van der Waals surface area contributed by atoms with Crippen molar-refractivity contribution in [3.8, 4) is 11.8 Å². The minimum atomic E-state index is -5.20. The zero-order chi connectivity index (χ0) is 29.9. The van der Waals surface area contributed by atoms with Gasteiger partial charge >= 0.3 is 12.1 Å². The molecule has 0 unspecified atom stereocenters. The molecular weight excluding hydrogens is 547 g/mol. The first-order valence-corrected chi connectivity index (χ1v) is 13.4. The van der Waals surface area contributed by atoms with Gasteiger partial charge in [0.25, 0.3) is 5.91 Å². The topological polar surface area (TPSA) is 171 Å². The van der Waals surface area contributed by atoms with Gasteiger partial charge in [0.05, 0.1) is 12.6 Å². The fourth-order valence-electron chi connectivity index (χ4n) is 5.18. The number of aromatic nitrogens is 1. The Hall–Kier alpha value is -3.93. The Morgan fingerprint density at radius 1 is 1.37 bits per heavy atom. The fraction of sp³-hybridized carbons (Fsp3) is 0.615. The van der Waals surface area contributed by atoms with Gasteiger partial charge in [-0.05, 0) is 50.3 Å². The lowest BCUT2D eigenvalue weighted by Crippen LogP contribution is -2.58. The molecule has 15 heteroatoms. The summed E-state index contributed by atoms with van der Waals surface area (Å²) in [7, 11) is 1.29. The minimum absolute atomic E-state index is 0.101. The van der Waals surface area contributed by atoms with Crippen molar-refractivity contribution in [2.45, 2.75) is 74.8 Å². The molecular formula is C26H32F3N7O5. The van der Waals surface area contributed by atoms with Crippen LogP contribution >= 0.6 is 0 Å². The maximum atomic E-state index is 14.0. The molecule has 1 spiro atoms. The van der Waals surface area contributed by atoms with Crippen LogP contribution in [-0.4, -0.2) is 88.5 Å². The summed E-state index contributed by atoms with van der Waals surface area (Å²) < 4.78 is 45.0. The van der Waals surface area contributed by atoms with Crippen molar-refractivity contribution in [1.82, 2.24) is 20.1 Å². The van der Waals surface area contributed by atoms with E-state index in [4.69, 9.17) is 10.5 Å². The number of likely N-dealkylation sites (tertiary alicyclic amines) is 1. The molecule has 1 saturated heterocycles. The Morgan fingerprint density at radius 3 is 2.73 bits per heavy atom. The molecule has 4 N–H and O–H groups in total. The van der Waals surface area contributed by atoms with E-state index < -0.39 is 53.5 Å². The zero-order valence-electron chi connectivity index (χ0n) is 22.4. The number of carbonyl (C=O) groups is 4. The highest BCUT2D eigenvalue weighted by Gasteiger charge is 2.56. The van der Waals surface area contributed by atoms with Crippen LogP contribution in [0.15, 0.2) is 18.3 Å². The molecule has 0 radical (unpaired) electrons. The van der Waals surface area contributed by atoms with E-state index in [-0.39, 0.29) is 56.3 Å². The smallest absolute Gasteiger partial charge is 0.471 e. The van der Waals surface area contributed by atoms with E-state index in [0.29, 0.717) is 6.42 Å². The van der Waals surface area contributed by atoms with E-state index in [0.717, 1.165) is 17.7 Å². The van der Waals surface area contributed by atoms with Crippen LogP contribution in [-0.2, 0) is 19.2 Å². The van der Waals surface area contributed by atoms with E-state index in [1.807, 2.05) is 6.07 Å². The van der Waals surface area contributed by atoms with Crippen molar-refractivity contribution in [3.63, 3.8) is 0 Å². The number of fused-ring (bicyclic) bond motifs is 1. The number of nitrogens with zero attached hydrogens (tertiary/aromatic N) is 4. The van der Waals surface area contributed by atoms with Crippen LogP contribution in [0.3, 0.4) is 0 Å². The fourth-order valence-corrected chi connectivity index (χ4v) is 5.18. The normalized spacial score (nSPS) is 23.1. The Bertz CT molecular complexity index is 1230. The van der Waals surface area contributed by atoms with Gasteiger partial charge in [-0.3, -0.25) is 19.2 Å². The molecule has 0 bridgehead atoms. The molecule has 1 aliphatic carbocycles. The molecule has 41 heavy (non-hydrogen) atoms. The van der Waals surface area contributed by atoms with Crippen LogP contribution in [0.4, 0.5) is 19.0 Å². The first-order valence-electron chi connectivity index (χ1n) is 13.4. The SMILES string of the molecule is CN(C(=O)[C@H](CCCCN)NC(=O)C(F)(F)F)[C@@H](CC1CC1)C(=O)N1C[C@@]2(C[C@H]1C#N)Oc1cccnc1NC2=O. The minimum Gasteiger partial charge on any atom is -0.472 e. The maximum absolute atomic E-state index is 14.0. The number of amides is 4. The Kier molecular flexibility index (Phi) is 8.71. The predicted octanol–water partition coefficient (Wildman–Crippen LogP) is 1.08. The average molecular weight is 580 g/mol. The quantitative estimate of drug-likeness (QED) is 0.346. The molecule has 3 aliphatic rings. The highest BCUT2D eigenvalue weighted by Crippen LogP contribution is 2.40. The summed E-state index contributed by atoms with van der Waals surface area (Å²) in [5.74, 6) is -3.75. The number of nitrogens with two attached hydrogens (primary N) is 1. The van der Waals surface area contributed by atoms with Gasteiger partial charge in [0.2, 0.25) is 17.4 Å². The summed E-state index contributed by atoms with van der Waals surface area (Å²) in [6.45, 7) is -0.0344. The van der Waals surface area contributed by atoms with Gasteiger partial charge in [-0.25, -0.2) is 4.98 Å². The zero-order valence-corrected chi connectivity index (χ0v) is 22.4. The summed E-state index contributed by atoms with van der Waals surface area (Å²) in [5.41, 5.74) is 3.92. The number of unbranched alkanes of at least 4 members (excludes halogenated alkanes) is 1. The lowest BCUT2D eigenvalue weighted by atomic mass is 9.97. The van der Waals surface area contributed by atoms with Crippen molar-refractivity contribution < 1.29 is 37.1 Å². The van der Waals surface area contributed by atoms with E-state index in [2.05, 4.69) is 10.3 Å². The van der Waals surface area contributed by atoms with Gasteiger partial charge in [0, 0.05) is 19.7 Å². The summed E-state index contributed by atoms with van der Waals surface area (Å²) >= 11 is 0. The number of rotatable bonds is 10. The molecule has 1 saturated carbocycles. The highest BCUT2D eigenvalue weighted by atomic mass is 19.4. The van der Waals surface area contributed by atoms with Crippen molar-refractivity contribution in [3.05, 3.63) is 18.3 Å². The lowest BCUT2D eigenvalue weighted by Gasteiger charge is -2.35. The second-order valence-electron chi connectivity index (χ2n) is 10.7. The van der Waals surface area contributed by atoms with Crippen LogP contribution in [0.1, 0.15) is 44.9 Å². The number of hydrogen-bond acceptors (Lipinski definition) is 8. The second-order valence-corrected chi connectivity index (χ2v) is 10.7. The number of hydrogen-bond donors (Lipinski definition) is 3. The van der Waals surface area contributed by atoms with E-state index in [1.165, 1.54) is 18.1 Å². The average Bonchev–Trinajstić information content (AvgIpc) is 3.68. The Balaban J connectivity index is 1.57. The number of nitriles is 1. The molecule has 1 aromatic rings. The lowest BCUT2D eigenvalue weighted by molar-refractivity contribution is -0.175. The highest BCUT2D eigenvalue weighted by molar-refractivity contribution is 6.01. The third-order valence-corrected chi connectivity index (χ3v) is 7.64. The van der Waals surface area contributed by atoms with Crippen molar-refractivity contribution in [2.24, 2.45) is 11.7 Å². The molecule has 2 aliphatic heterocycles. The van der Waals surface area contributed by atoms with Gasteiger partial charge in [-0.2, -0.15) is 18.4 Å². The van der Waals surface area contributed by atoms with E-state index in [9.17, 15) is 37.6 Å². The summed E-state index contributed by atoms with van der Waals surface area (Å²) in [4.78, 5) is 58.5. The Morgan fingerprint density at radius 2 is 2.10 bits per heavy atom. The summed E-state index contributed by atoms with van der Waals surface area (Å²) in [5, 5.41) is 14.3. The predicted molar refractivity (Wildman–Crippen MR) is 137 cm³/mol. The van der Waals surface area contributed by atoms with Gasteiger partial charge in [0.1, 0.15) is 18.1 Å².